The molecule has 3 heteroatoms. The lowest BCUT2D eigenvalue weighted by molar-refractivity contribution is 0.478. The monoisotopic (exact) mass is 347 g/mol. The molecule has 0 radical (unpaired) electrons. The second-order valence-electron chi connectivity index (χ2n) is 5.28. The number of ether oxygens (including phenoxy) is 1. The fourth-order valence-electron chi connectivity index (χ4n) is 2.08. The largest absolute Gasteiger partial charge is 0.456 e. The van der Waals surface area contributed by atoms with E-state index in [0.717, 1.165) is 28.9 Å². The lowest BCUT2D eigenvalue weighted by Gasteiger charge is -2.15. The minimum atomic E-state index is 0.342. The molecule has 1 unspecified atom stereocenters. The van der Waals surface area contributed by atoms with E-state index < -0.39 is 0 Å². The maximum absolute atomic E-state index is 5.91. The van der Waals surface area contributed by atoms with Crippen molar-refractivity contribution in [2.24, 2.45) is 0 Å². The molecule has 21 heavy (non-hydrogen) atoms. The zero-order valence-electron chi connectivity index (χ0n) is 12.8. The van der Waals surface area contributed by atoms with Crippen LogP contribution >= 0.6 is 15.9 Å². The Labute approximate surface area is 135 Å². The summed E-state index contributed by atoms with van der Waals surface area (Å²) in [7, 11) is 0. The highest BCUT2D eigenvalue weighted by molar-refractivity contribution is 9.10. The fraction of sp³-hybridized carbons (Fsp3) is 0.333. The van der Waals surface area contributed by atoms with Crippen molar-refractivity contribution in [3.63, 3.8) is 0 Å². The summed E-state index contributed by atoms with van der Waals surface area (Å²) >= 11 is 3.60. The molecule has 0 bridgehead atoms. The van der Waals surface area contributed by atoms with Crippen LogP contribution in [-0.2, 0) is 0 Å². The number of nitrogens with one attached hydrogen (secondary N) is 1. The Morgan fingerprint density at radius 3 is 2.48 bits per heavy atom. The van der Waals surface area contributed by atoms with Crippen molar-refractivity contribution in [3.05, 3.63) is 58.1 Å². The summed E-state index contributed by atoms with van der Waals surface area (Å²) in [5.41, 5.74) is 2.49. The van der Waals surface area contributed by atoms with E-state index in [2.05, 4.69) is 54.2 Å². The van der Waals surface area contributed by atoms with Gasteiger partial charge in [-0.25, -0.2) is 0 Å². The maximum Gasteiger partial charge on any atom is 0.141 e. The lowest BCUT2D eigenvalue weighted by atomic mass is 10.1. The predicted molar refractivity (Wildman–Crippen MR) is 92.1 cm³/mol. The molecule has 0 saturated heterocycles. The normalized spacial score (nSPS) is 12.2. The molecule has 0 heterocycles. The second kappa shape index (κ2) is 7.62. The average Bonchev–Trinajstić information content (AvgIpc) is 2.49. The van der Waals surface area contributed by atoms with Crippen molar-refractivity contribution in [1.29, 1.82) is 0 Å². The number of hydrogen-bond acceptors (Lipinski definition) is 2. The molecule has 0 saturated carbocycles. The van der Waals surface area contributed by atoms with Gasteiger partial charge in [-0.15, -0.1) is 0 Å². The highest BCUT2D eigenvalue weighted by atomic mass is 79.9. The summed E-state index contributed by atoms with van der Waals surface area (Å²) in [6.45, 7) is 7.45. The van der Waals surface area contributed by atoms with E-state index in [-0.39, 0.29) is 0 Å². The summed E-state index contributed by atoms with van der Waals surface area (Å²) in [6, 6.07) is 14.7. The Bertz CT molecular complexity index is 580. The van der Waals surface area contributed by atoms with Gasteiger partial charge in [0, 0.05) is 6.04 Å². The van der Waals surface area contributed by atoms with Crippen LogP contribution < -0.4 is 10.1 Å². The Morgan fingerprint density at radius 1 is 1.14 bits per heavy atom. The Balaban J connectivity index is 2.10. The summed E-state index contributed by atoms with van der Waals surface area (Å²) in [5.74, 6) is 1.69. The summed E-state index contributed by atoms with van der Waals surface area (Å²) in [5, 5.41) is 3.49. The van der Waals surface area contributed by atoms with Crippen LogP contribution in [0.1, 0.15) is 37.4 Å². The number of benzene rings is 2. The Morgan fingerprint density at radius 2 is 1.86 bits per heavy atom. The molecule has 0 aromatic heterocycles. The lowest BCUT2D eigenvalue weighted by Crippen LogP contribution is -2.19. The molecule has 0 aliphatic carbocycles. The zero-order valence-corrected chi connectivity index (χ0v) is 14.4. The molecular formula is C18H22BrNO. The van der Waals surface area contributed by atoms with E-state index in [0.29, 0.717) is 6.04 Å². The number of aryl methyl sites for hydroxylation is 1. The van der Waals surface area contributed by atoms with E-state index in [1.807, 2.05) is 30.3 Å². The molecule has 1 atom stereocenters. The maximum atomic E-state index is 5.91. The fourth-order valence-corrected chi connectivity index (χ4v) is 2.56. The number of rotatable bonds is 6. The first-order valence-corrected chi connectivity index (χ1v) is 8.16. The quantitative estimate of drug-likeness (QED) is 0.733. The van der Waals surface area contributed by atoms with E-state index in [4.69, 9.17) is 4.74 Å². The van der Waals surface area contributed by atoms with Crippen molar-refractivity contribution >= 4 is 15.9 Å². The van der Waals surface area contributed by atoms with Gasteiger partial charge in [0.1, 0.15) is 11.5 Å². The van der Waals surface area contributed by atoms with Crippen LogP contribution in [0.2, 0.25) is 0 Å². The van der Waals surface area contributed by atoms with Crippen molar-refractivity contribution in [3.8, 4) is 11.5 Å². The van der Waals surface area contributed by atoms with Crippen molar-refractivity contribution < 1.29 is 4.74 Å². The summed E-state index contributed by atoms with van der Waals surface area (Å²) in [4.78, 5) is 0. The highest BCUT2D eigenvalue weighted by Crippen LogP contribution is 2.32. The summed E-state index contributed by atoms with van der Waals surface area (Å²) in [6.07, 6.45) is 1.14. The van der Waals surface area contributed by atoms with Gasteiger partial charge in [-0.3, -0.25) is 0 Å². The standard InChI is InChI=1S/C18H22BrNO/c1-4-11-20-14(3)15-7-10-18(17(19)12-15)21-16-8-5-13(2)6-9-16/h5-10,12,14,20H,4,11H2,1-3H3. The third kappa shape index (κ3) is 4.58. The van der Waals surface area contributed by atoms with Crippen LogP contribution in [-0.4, -0.2) is 6.54 Å². The van der Waals surface area contributed by atoms with Gasteiger partial charge < -0.3 is 10.1 Å². The van der Waals surface area contributed by atoms with Gasteiger partial charge in [-0.1, -0.05) is 30.7 Å². The van der Waals surface area contributed by atoms with E-state index >= 15 is 0 Å². The predicted octanol–water partition coefficient (Wildman–Crippen LogP) is 5.61. The van der Waals surface area contributed by atoms with E-state index in [1.165, 1.54) is 11.1 Å². The SMILES string of the molecule is CCCNC(C)c1ccc(Oc2ccc(C)cc2)c(Br)c1. The molecule has 0 aliphatic heterocycles. The average molecular weight is 348 g/mol. The minimum Gasteiger partial charge on any atom is -0.456 e. The topological polar surface area (TPSA) is 21.3 Å². The van der Waals surface area contributed by atoms with Crippen LogP contribution in [0, 0.1) is 6.92 Å². The van der Waals surface area contributed by atoms with Crippen LogP contribution in [0.5, 0.6) is 11.5 Å². The van der Waals surface area contributed by atoms with Crippen molar-refractivity contribution in [1.82, 2.24) is 5.32 Å². The van der Waals surface area contributed by atoms with E-state index in [1.54, 1.807) is 0 Å². The van der Waals surface area contributed by atoms with Crippen LogP contribution in [0.3, 0.4) is 0 Å². The third-order valence-corrected chi connectivity index (χ3v) is 4.02. The van der Waals surface area contributed by atoms with Crippen molar-refractivity contribution in [2.45, 2.75) is 33.2 Å². The zero-order chi connectivity index (χ0) is 15.2. The number of halogens is 1. The van der Waals surface area contributed by atoms with Gasteiger partial charge in [0.05, 0.1) is 4.47 Å². The molecule has 2 rings (SSSR count). The molecule has 0 fully saturated rings. The molecule has 2 aromatic carbocycles. The number of hydrogen-bond donors (Lipinski definition) is 1. The molecule has 1 N–H and O–H groups in total. The molecule has 0 aliphatic rings. The minimum absolute atomic E-state index is 0.342. The molecule has 0 spiro atoms. The van der Waals surface area contributed by atoms with Crippen LogP contribution in [0.25, 0.3) is 0 Å². The van der Waals surface area contributed by atoms with Gasteiger partial charge >= 0.3 is 0 Å². The Hall–Kier alpha value is -1.32. The first-order valence-electron chi connectivity index (χ1n) is 7.37. The van der Waals surface area contributed by atoms with Crippen molar-refractivity contribution in [2.75, 3.05) is 6.54 Å². The first-order chi connectivity index (χ1) is 10.1. The van der Waals surface area contributed by atoms with E-state index in [9.17, 15) is 0 Å². The van der Waals surface area contributed by atoms with Gasteiger partial charge in [0.25, 0.3) is 0 Å². The van der Waals surface area contributed by atoms with Crippen LogP contribution in [0.15, 0.2) is 46.9 Å². The molecule has 112 valence electrons. The highest BCUT2D eigenvalue weighted by Gasteiger charge is 2.08. The third-order valence-electron chi connectivity index (χ3n) is 3.41. The molecule has 2 nitrogen and oxygen atoms in total. The van der Waals surface area contributed by atoms with Gasteiger partial charge in [-0.05, 0) is 72.6 Å². The van der Waals surface area contributed by atoms with Gasteiger partial charge in [0.2, 0.25) is 0 Å². The second-order valence-corrected chi connectivity index (χ2v) is 6.14. The Kier molecular flexibility index (Phi) is 5.83. The molecule has 0 amide bonds. The first kappa shape index (κ1) is 16.1. The smallest absolute Gasteiger partial charge is 0.141 e. The van der Waals surface area contributed by atoms with Gasteiger partial charge in [-0.2, -0.15) is 0 Å². The molecule has 2 aromatic rings. The molecular weight excluding hydrogens is 326 g/mol. The van der Waals surface area contributed by atoms with Crippen LogP contribution in [0.4, 0.5) is 0 Å². The van der Waals surface area contributed by atoms with Gasteiger partial charge in [0.15, 0.2) is 0 Å². The summed E-state index contributed by atoms with van der Waals surface area (Å²) < 4.78 is 6.89.